The van der Waals surface area contributed by atoms with E-state index in [9.17, 15) is 19.0 Å². The second-order valence-corrected chi connectivity index (χ2v) is 11.2. The van der Waals surface area contributed by atoms with E-state index in [0.29, 0.717) is 49.3 Å². The van der Waals surface area contributed by atoms with Crippen LogP contribution in [0.1, 0.15) is 58.8 Å². The minimum Gasteiger partial charge on any atom is -0.388 e. The number of alkyl halides is 2. The molecule has 4 rings (SSSR count). The van der Waals surface area contributed by atoms with Crippen molar-refractivity contribution < 1.29 is 23.7 Å². The summed E-state index contributed by atoms with van der Waals surface area (Å²) < 4.78 is 31.5. The van der Waals surface area contributed by atoms with Crippen molar-refractivity contribution in [3.63, 3.8) is 0 Å². The quantitative estimate of drug-likeness (QED) is 0.577. The van der Waals surface area contributed by atoms with Crippen LogP contribution in [0.25, 0.3) is 0 Å². The Balaban J connectivity index is 1.42. The van der Waals surface area contributed by atoms with Crippen molar-refractivity contribution in [2.75, 3.05) is 26.2 Å². The third kappa shape index (κ3) is 5.29. The number of morpholine rings is 1. The third-order valence-corrected chi connectivity index (χ3v) is 9.03. The Bertz CT molecular complexity index is 765. The lowest BCUT2D eigenvalue weighted by atomic mass is 9.61. The Morgan fingerprint density at radius 1 is 1.21 bits per heavy atom. The zero-order valence-corrected chi connectivity index (χ0v) is 20.2. The summed E-state index contributed by atoms with van der Waals surface area (Å²) in [6, 6.07) is 0. The van der Waals surface area contributed by atoms with E-state index < -0.39 is 24.7 Å². The lowest BCUT2D eigenvalue weighted by molar-refractivity contribution is -0.106. The number of halogens is 2. The van der Waals surface area contributed by atoms with Gasteiger partial charge in [0.15, 0.2) is 0 Å². The normalized spacial score (nSPS) is 40.3. The Labute approximate surface area is 197 Å². The lowest BCUT2D eigenvalue weighted by Crippen LogP contribution is -2.48. The van der Waals surface area contributed by atoms with Gasteiger partial charge < -0.3 is 14.9 Å². The van der Waals surface area contributed by atoms with E-state index in [4.69, 9.17) is 4.74 Å². The molecule has 0 amide bonds. The molecule has 3 aliphatic carbocycles. The average molecular weight is 466 g/mol. The summed E-state index contributed by atoms with van der Waals surface area (Å²) in [5.41, 5.74) is 3.36. The molecule has 0 bridgehead atoms. The molecule has 4 aliphatic rings. The molecule has 1 aliphatic heterocycles. The van der Waals surface area contributed by atoms with Crippen molar-refractivity contribution in [2.45, 2.75) is 83.5 Å². The SMILES string of the molecule is C=C1[C@H](O)CC(=C/C=C2\CCC[C@]3(C)[C@@H](C(C)CN4CCO[C@H](C(F)F)C4)CC[C@@H]23)C[C@H]1O. The van der Waals surface area contributed by atoms with Gasteiger partial charge >= 0.3 is 0 Å². The Morgan fingerprint density at radius 2 is 1.94 bits per heavy atom. The van der Waals surface area contributed by atoms with Crippen LogP contribution in [0.15, 0.2) is 35.5 Å². The molecule has 1 heterocycles. The highest BCUT2D eigenvalue weighted by Gasteiger charge is 2.50. The van der Waals surface area contributed by atoms with Crippen LogP contribution < -0.4 is 0 Å². The number of hydrogen-bond acceptors (Lipinski definition) is 4. The van der Waals surface area contributed by atoms with Crippen LogP contribution in [-0.2, 0) is 4.74 Å². The van der Waals surface area contributed by atoms with Crippen LogP contribution in [0.3, 0.4) is 0 Å². The van der Waals surface area contributed by atoms with Gasteiger partial charge in [-0.3, -0.25) is 4.90 Å². The summed E-state index contributed by atoms with van der Waals surface area (Å²) in [5.74, 6) is 1.61. The third-order valence-electron chi connectivity index (χ3n) is 9.03. The van der Waals surface area contributed by atoms with E-state index in [-0.39, 0.29) is 5.41 Å². The maximum Gasteiger partial charge on any atom is 0.265 e. The standard InChI is InChI=1S/C27H41F2NO3/c1-17(15-30-11-12-33-25(16-30)26(28)29)21-8-9-22-20(5-4-10-27(21,22)3)7-6-19-13-23(31)18(2)24(32)14-19/h6-7,17,21-26,31-32H,2,4-5,8-16H2,1,3H3/b20-7+/t17?,21-,22+,23-,24-,25+,27-/m1/s1. The van der Waals surface area contributed by atoms with Gasteiger partial charge in [0.25, 0.3) is 6.43 Å². The highest BCUT2D eigenvalue weighted by atomic mass is 19.3. The largest absolute Gasteiger partial charge is 0.388 e. The van der Waals surface area contributed by atoms with Gasteiger partial charge in [0.1, 0.15) is 6.10 Å². The molecular weight excluding hydrogens is 424 g/mol. The molecule has 6 heteroatoms. The number of nitrogens with zero attached hydrogens (tertiary/aromatic N) is 1. The zero-order valence-electron chi connectivity index (χ0n) is 20.2. The molecule has 186 valence electrons. The first-order chi connectivity index (χ1) is 15.7. The molecule has 4 nitrogen and oxygen atoms in total. The molecule has 1 unspecified atom stereocenters. The average Bonchev–Trinajstić information content (AvgIpc) is 3.13. The number of rotatable bonds is 5. The number of fused-ring (bicyclic) bond motifs is 1. The highest BCUT2D eigenvalue weighted by Crippen LogP contribution is 2.59. The molecule has 0 aromatic carbocycles. The van der Waals surface area contributed by atoms with Gasteiger partial charge in [0, 0.05) is 19.6 Å². The molecule has 4 fully saturated rings. The number of allylic oxidation sites excluding steroid dienone is 3. The van der Waals surface area contributed by atoms with Crippen molar-refractivity contribution in [1.29, 1.82) is 0 Å². The smallest absolute Gasteiger partial charge is 0.265 e. The predicted molar refractivity (Wildman–Crippen MR) is 126 cm³/mol. The van der Waals surface area contributed by atoms with Crippen molar-refractivity contribution in [3.05, 3.63) is 35.5 Å². The van der Waals surface area contributed by atoms with Gasteiger partial charge in [0.05, 0.1) is 18.8 Å². The second kappa shape index (κ2) is 10.3. The van der Waals surface area contributed by atoms with E-state index in [1.54, 1.807) is 0 Å². The second-order valence-electron chi connectivity index (χ2n) is 11.2. The monoisotopic (exact) mass is 465 g/mol. The summed E-state index contributed by atoms with van der Waals surface area (Å²) in [6.45, 7) is 10.9. The minimum atomic E-state index is -2.42. The fraction of sp³-hybridized carbons (Fsp3) is 0.778. The molecule has 0 radical (unpaired) electrons. The maximum absolute atomic E-state index is 13.1. The fourth-order valence-electron chi connectivity index (χ4n) is 7.22. The summed E-state index contributed by atoms with van der Waals surface area (Å²) >= 11 is 0. The molecule has 7 atom stereocenters. The van der Waals surface area contributed by atoms with Crippen LogP contribution in [0, 0.1) is 23.2 Å². The van der Waals surface area contributed by atoms with E-state index in [0.717, 1.165) is 25.1 Å². The van der Waals surface area contributed by atoms with E-state index in [1.165, 1.54) is 31.3 Å². The topological polar surface area (TPSA) is 52.9 Å². The number of ether oxygens (including phenoxy) is 1. The van der Waals surface area contributed by atoms with E-state index >= 15 is 0 Å². The molecule has 1 saturated heterocycles. The highest BCUT2D eigenvalue weighted by molar-refractivity contribution is 5.29. The van der Waals surface area contributed by atoms with Crippen LogP contribution in [-0.4, -0.2) is 66.1 Å². The molecule has 33 heavy (non-hydrogen) atoms. The first-order valence-electron chi connectivity index (χ1n) is 12.7. The molecule has 0 aromatic rings. The molecule has 2 N–H and O–H groups in total. The van der Waals surface area contributed by atoms with Gasteiger partial charge in [-0.15, -0.1) is 0 Å². The van der Waals surface area contributed by atoms with Gasteiger partial charge in [-0.05, 0) is 73.7 Å². The zero-order chi connectivity index (χ0) is 23.8. The fourth-order valence-corrected chi connectivity index (χ4v) is 7.22. The number of aliphatic hydroxyl groups is 2. The van der Waals surface area contributed by atoms with E-state index in [1.807, 2.05) is 0 Å². The summed E-state index contributed by atoms with van der Waals surface area (Å²) in [6.07, 6.45) is 6.73. The minimum absolute atomic E-state index is 0.246. The number of hydrogen-bond donors (Lipinski definition) is 2. The Hall–Kier alpha value is -1.08. The Kier molecular flexibility index (Phi) is 7.79. The van der Waals surface area contributed by atoms with Crippen molar-refractivity contribution >= 4 is 0 Å². The maximum atomic E-state index is 13.1. The van der Waals surface area contributed by atoms with Crippen LogP contribution >= 0.6 is 0 Å². The summed E-state index contributed by atoms with van der Waals surface area (Å²) in [7, 11) is 0. The van der Waals surface area contributed by atoms with Gasteiger partial charge in [-0.25, -0.2) is 8.78 Å². The molecular formula is C27H41F2NO3. The first kappa shape index (κ1) is 25.0. The van der Waals surface area contributed by atoms with Crippen LogP contribution in [0.4, 0.5) is 8.78 Å². The predicted octanol–water partition coefficient (Wildman–Crippen LogP) is 4.73. The molecule has 3 saturated carbocycles. The summed E-state index contributed by atoms with van der Waals surface area (Å²) in [5, 5.41) is 20.3. The molecule has 0 spiro atoms. The first-order valence-corrected chi connectivity index (χ1v) is 12.7. The van der Waals surface area contributed by atoms with Crippen molar-refractivity contribution in [2.24, 2.45) is 23.2 Å². The number of aliphatic hydroxyl groups excluding tert-OH is 2. The van der Waals surface area contributed by atoms with Gasteiger partial charge in [0.2, 0.25) is 0 Å². The van der Waals surface area contributed by atoms with Crippen LogP contribution in [0.5, 0.6) is 0 Å². The lowest BCUT2D eigenvalue weighted by Gasteiger charge is -2.45. The van der Waals surface area contributed by atoms with Gasteiger partial charge in [-0.2, -0.15) is 0 Å². The van der Waals surface area contributed by atoms with Crippen molar-refractivity contribution in [1.82, 2.24) is 4.90 Å². The van der Waals surface area contributed by atoms with Crippen molar-refractivity contribution in [3.8, 4) is 0 Å². The van der Waals surface area contributed by atoms with Crippen LogP contribution in [0.2, 0.25) is 0 Å². The van der Waals surface area contributed by atoms with Gasteiger partial charge in [-0.1, -0.05) is 43.7 Å². The van der Waals surface area contributed by atoms with E-state index in [2.05, 4.69) is 37.5 Å². The molecule has 0 aromatic heterocycles. The Morgan fingerprint density at radius 3 is 2.64 bits per heavy atom. The summed E-state index contributed by atoms with van der Waals surface area (Å²) in [4.78, 5) is 2.18.